The number of ether oxygens (including phenoxy) is 1. The Morgan fingerprint density at radius 3 is 2.75 bits per heavy atom. The predicted molar refractivity (Wildman–Crippen MR) is 164 cm³/mol. The van der Waals surface area contributed by atoms with E-state index in [1.54, 1.807) is 4.90 Å². The summed E-state index contributed by atoms with van der Waals surface area (Å²) in [6.07, 6.45) is 5.99. The standard InChI is InChI=1S/C32H39FN8O3/c1-21(33)32(43)41-16-15-39(18-23(41)8-11-34)27-17-28(44-20-24-5-4-13-37(24)2)36-26-19-40(14-10-25(26)27)31-30-22(9-12-35-31)6-7-29(42)38(30)3/h9,12,17,23-24H,1,4-8,10,13-16,18-20H2,2-3H3/t23-,24-/m0/s1. The van der Waals surface area contributed by atoms with Crippen molar-refractivity contribution < 1.29 is 18.7 Å². The Morgan fingerprint density at radius 1 is 1.16 bits per heavy atom. The number of nitrogens with zero attached hydrogens (tertiary/aromatic N) is 8. The van der Waals surface area contributed by atoms with Crippen molar-refractivity contribution in [2.24, 2.45) is 0 Å². The highest BCUT2D eigenvalue weighted by Gasteiger charge is 2.35. The van der Waals surface area contributed by atoms with Gasteiger partial charge < -0.3 is 29.2 Å². The van der Waals surface area contributed by atoms with Gasteiger partial charge in [0.05, 0.1) is 36.5 Å². The van der Waals surface area contributed by atoms with Crippen LogP contribution in [-0.2, 0) is 29.0 Å². The van der Waals surface area contributed by atoms with Crippen molar-refractivity contribution >= 4 is 29.0 Å². The van der Waals surface area contributed by atoms with Crippen molar-refractivity contribution in [3.63, 3.8) is 0 Å². The fourth-order valence-corrected chi connectivity index (χ4v) is 6.99. The molecule has 44 heavy (non-hydrogen) atoms. The van der Waals surface area contributed by atoms with Crippen molar-refractivity contribution in [3.8, 4) is 11.9 Å². The molecule has 0 radical (unpaired) electrons. The maximum atomic E-state index is 13.8. The van der Waals surface area contributed by atoms with E-state index in [0.29, 0.717) is 64.0 Å². The zero-order valence-electron chi connectivity index (χ0n) is 25.5. The Labute approximate surface area is 257 Å². The van der Waals surface area contributed by atoms with Gasteiger partial charge in [-0.3, -0.25) is 9.59 Å². The topological polar surface area (TPSA) is 109 Å². The summed E-state index contributed by atoms with van der Waals surface area (Å²) < 4.78 is 20.2. The smallest absolute Gasteiger partial charge is 0.282 e. The molecule has 0 unspecified atom stereocenters. The Morgan fingerprint density at radius 2 is 2.00 bits per heavy atom. The average Bonchev–Trinajstić information content (AvgIpc) is 3.44. The van der Waals surface area contributed by atoms with E-state index in [1.165, 1.54) is 4.90 Å². The molecule has 0 saturated carbocycles. The van der Waals surface area contributed by atoms with E-state index in [-0.39, 0.29) is 18.9 Å². The summed E-state index contributed by atoms with van der Waals surface area (Å²) in [6, 6.07) is 5.98. The number of carbonyl (C=O) groups is 2. The van der Waals surface area contributed by atoms with Gasteiger partial charge in [-0.15, -0.1) is 0 Å². The number of hydrogen-bond acceptors (Lipinski definition) is 9. The van der Waals surface area contributed by atoms with Crippen molar-refractivity contribution in [2.45, 2.75) is 57.2 Å². The van der Waals surface area contributed by atoms with E-state index >= 15 is 0 Å². The zero-order chi connectivity index (χ0) is 31.0. The first-order chi connectivity index (χ1) is 21.2. The second-order valence-electron chi connectivity index (χ2n) is 12.1. The summed E-state index contributed by atoms with van der Waals surface area (Å²) >= 11 is 0. The lowest BCUT2D eigenvalue weighted by molar-refractivity contribution is -0.131. The fourth-order valence-electron chi connectivity index (χ4n) is 6.99. The summed E-state index contributed by atoms with van der Waals surface area (Å²) in [7, 11) is 3.92. The first-order valence-corrected chi connectivity index (χ1v) is 15.4. The molecule has 2 atom stereocenters. The molecule has 0 aliphatic carbocycles. The summed E-state index contributed by atoms with van der Waals surface area (Å²) in [4.78, 5) is 44.7. The molecule has 6 heterocycles. The number of hydrogen-bond donors (Lipinski definition) is 0. The second-order valence-corrected chi connectivity index (χ2v) is 12.1. The summed E-state index contributed by atoms with van der Waals surface area (Å²) in [5.41, 5.74) is 4.90. The van der Waals surface area contributed by atoms with Crippen LogP contribution in [0.25, 0.3) is 0 Å². The van der Waals surface area contributed by atoms with Crippen LogP contribution in [0.4, 0.5) is 21.6 Å². The van der Waals surface area contributed by atoms with Crippen molar-refractivity contribution in [3.05, 3.63) is 47.6 Å². The van der Waals surface area contributed by atoms with E-state index in [9.17, 15) is 19.2 Å². The normalized spacial score (nSPS) is 22.0. The van der Waals surface area contributed by atoms with Crippen LogP contribution in [0.3, 0.4) is 0 Å². The van der Waals surface area contributed by atoms with Gasteiger partial charge in [0.1, 0.15) is 6.61 Å². The van der Waals surface area contributed by atoms with Gasteiger partial charge >= 0.3 is 0 Å². The second kappa shape index (κ2) is 12.4. The Kier molecular flexibility index (Phi) is 8.40. The third kappa shape index (κ3) is 5.68. The fraction of sp³-hybridized carbons (Fsp3) is 0.531. The molecule has 2 aromatic rings. The van der Waals surface area contributed by atoms with Crippen LogP contribution in [0, 0.1) is 11.3 Å². The number of amides is 2. The number of anilines is 3. The minimum absolute atomic E-state index is 0.0815. The first kappa shape index (κ1) is 29.8. The van der Waals surface area contributed by atoms with Crippen molar-refractivity contribution in [2.75, 3.05) is 68.1 Å². The molecule has 11 nitrogen and oxygen atoms in total. The molecular weight excluding hydrogens is 563 g/mol. The number of piperazine rings is 1. The van der Waals surface area contributed by atoms with Gasteiger partial charge in [0.15, 0.2) is 11.6 Å². The molecule has 2 aromatic heterocycles. The first-order valence-electron chi connectivity index (χ1n) is 15.4. The minimum atomic E-state index is -1.01. The molecule has 4 aliphatic rings. The van der Waals surface area contributed by atoms with Crippen molar-refractivity contribution in [1.82, 2.24) is 19.8 Å². The molecule has 2 saturated heterocycles. The summed E-state index contributed by atoms with van der Waals surface area (Å²) in [5, 5.41) is 9.51. The van der Waals surface area contributed by atoms with E-state index in [2.05, 4.69) is 34.4 Å². The molecule has 2 amide bonds. The highest BCUT2D eigenvalue weighted by Crippen LogP contribution is 2.39. The van der Waals surface area contributed by atoms with Gasteiger partial charge in [-0.05, 0) is 50.9 Å². The lowest BCUT2D eigenvalue weighted by atomic mass is 9.98. The number of aryl methyl sites for hydroxylation is 1. The minimum Gasteiger partial charge on any atom is -0.476 e. The van der Waals surface area contributed by atoms with Crippen LogP contribution in [0.2, 0.25) is 0 Å². The Balaban J connectivity index is 1.33. The summed E-state index contributed by atoms with van der Waals surface area (Å²) in [5.74, 6) is -0.385. The van der Waals surface area contributed by atoms with Crippen LogP contribution in [0.1, 0.15) is 42.5 Å². The SMILES string of the molecule is C=C(F)C(=O)N1CCN(c2cc(OC[C@@H]3CCCN3C)nc3c2CCN(c2nccc4c2N(C)C(=O)CC4)C3)C[C@@H]1CC#N. The molecule has 232 valence electrons. The third-order valence-corrected chi connectivity index (χ3v) is 9.48. The maximum Gasteiger partial charge on any atom is 0.282 e. The lowest BCUT2D eigenvalue weighted by Crippen LogP contribution is -2.55. The molecule has 0 aromatic carbocycles. The molecule has 12 heteroatoms. The van der Waals surface area contributed by atoms with Crippen molar-refractivity contribution in [1.29, 1.82) is 5.26 Å². The number of pyridine rings is 2. The van der Waals surface area contributed by atoms with E-state index < -0.39 is 17.8 Å². The van der Waals surface area contributed by atoms with Crippen LogP contribution in [-0.4, -0.2) is 97.1 Å². The molecule has 6 rings (SSSR count). The molecule has 2 fully saturated rings. The number of likely N-dealkylation sites (tertiary alicyclic amines) is 1. The number of halogens is 1. The monoisotopic (exact) mass is 602 g/mol. The predicted octanol–water partition coefficient (Wildman–Crippen LogP) is 2.84. The quantitative estimate of drug-likeness (QED) is 0.442. The number of nitriles is 1. The number of carbonyl (C=O) groups excluding carboxylic acids is 2. The zero-order valence-corrected chi connectivity index (χ0v) is 25.5. The van der Waals surface area contributed by atoms with Gasteiger partial charge in [0.25, 0.3) is 5.91 Å². The summed E-state index contributed by atoms with van der Waals surface area (Å²) in [6.45, 7) is 7.09. The highest BCUT2D eigenvalue weighted by molar-refractivity contribution is 5.99. The molecule has 0 spiro atoms. The largest absolute Gasteiger partial charge is 0.476 e. The van der Waals surface area contributed by atoms with E-state index in [0.717, 1.165) is 53.4 Å². The van der Waals surface area contributed by atoms with Gasteiger partial charge in [-0.2, -0.15) is 5.26 Å². The van der Waals surface area contributed by atoms with E-state index in [1.807, 2.05) is 25.4 Å². The molecule has 0 bridgehead atoms. The molecule has 4 aliphatic heterocycles. The van der Waals surface area contributed by atoms with E-state index in [4.69, 9.17) is 14.7 Å². The van der Waals surface area contributed by atoms with Gasteiger partial charge in [0, 0.05) is 69.2 Å². The van der Waals surface area contributed by atoms with Gasteiger partial charge in [0.2, 0.25) is 11.8 Å². The molecular formula is C32H39FN8O3. The maximum absolute atomic E-state index is 13.8. The van der Waals surface area contributed by atoms with Gasteiger partial charge in [-0.25, -0.2) is 14.4 Å². The Hall–Kier alpha value is -4.24. The highest BCUT2D eigenvalue weighted by atomic mass is 19.1. The van der Waals surface area contributed by atoms with Gasteiger partial charge in [-0.1, -0.05) is 6.58 Å². The molecule has 0 N–H and O–H groups in total. The lowest BCUT2D eigenvalue weighted by Gasteiger charge is -2.43. The van der Waals surface area contributed by atoms with Crippen LogP contribution >= 0.6 is 0 Å². The van der Waals surface area contributed by atoms with Crippen LogP contribution in [0.15, 0.2) is 30.7 Å². The average molecular weight is 603 g/mol. The number of rotatable bonds is 7. The third-order valence-electron chi connectivity index (χ3n) is 9.48. The Bertz CT molecular complexity index is 1510. The number of likely N-dealkylation sites (N-methyl/N-ethyl adjacent to an activating group) is 1. The number of fused-ring (bicyclic) bond motifs is 2. The number of aromatic nitrogens is 2. The van der Waals surface area contributed by atoms with Crippen LogP contribution < -0.4 is 19.4 Å². The van der Waals surface area contributed by atoms with Crippen LogP contribution in [0.5, 0.6) is 5.88 Å².